The first-order valence-corrected chi connectivity index (χ1v) is 21.5. The molecule has 1 aliphatic rings. The van der Waals surface area contributed by atoms with Crippen LogP contribution in [-0.4, -0.2) is 77.5 Å². The van der Waals surface area contributed by atoms with Gasteiger partial charge < -0.3 is 42.0 Å². The highest BCUT2D eigenvalue weighted by Crippen LogP contribution is 2.38. The number of benzene rings is 3. The zero-order valence-corrected chi connectivity index (χ0v) is 35.4. The van der Waals surface area contributed by atoms with Gasteiger partial charge in [-0.05, 0) is 91.7 Å². The molecule has 3 atom stereocenters. The number of carbonyl (C=O) groups excluding carboxylic acids is 3. The number of pyridine rings is 1. The third-order valence-electron chi connectivity index (χ3n) is 10.5. The van der Waals surface area contributed by atoms with Gasteiger partial charge in [-0.15, -0.1) is 0 Å². The first kappa shape index (κ1) is 44.4. The molecule has 3 aromatic carbocycles. The van der Waals surface area contributed by atoms with E-state index < -0.39 is 18.1 Å². The Labute approximate surface area is 360 Å². The normalized spacial score (nSPS) is 17.8. The van der Waals surface area contributed by atoms with Crippen LogP contribution < -0.4 is 27.4 Å². The molecule has 3 amide bonds. The number of aromatic amines is 1. The van der Waals surface area contributed by atoms with E-state index in [-0.39, 0.29) is 37.3 Å². The van der Waals surface area contributed by atoms with Crippen LogP contribution >= 0.6 is 23.4 Å². The van der Waals surface area contributed by atoms with Crippen molar-refractivity contribution in [3.05, 3.63) is 124 Å². The van der Waals surface area contributed by atoms with Gasteiger partial charge in [0, 0.05) is 60.3 Å². The van der Waals surface area contributed by atoms with Gasteiger partial charge in [0.25, 0.3) is 0 Å². The molecule has 0 spiro atoms. The first-order chi connectivity index (χ1) is 29.2. The van der Waals surface area contributed by atoms with Crippen molar-refractivity contribution >= 4 is 52.0 Å². The fraction of sp³-hybridized carbons (Fsp3) is 0.348. The Kier molecular flexibility index (Phi) is 16.6. The number of nitrogens with zero attached hydrogens (tertiary/aromatic N) is 2. The number of fused-ring (bicyclic) bond motifs is 3. The molecular weight excluding hydrogens is 796 g/mol. The molecular formula is C46H53ClN8O4S. The number of likely N-dealkylation sites (N-methyl/N-ethyl adjacent to an activating group) is 1. The molecule has 0 radical (unpaired) electrons. The topological polar surface area (TPSA) is 180 Å². The van der Waals surface area contributed by atoms with E-state index in [1.54, 1.807) is 19.3 Å². The van der Waals surface area contributed by atoms with Crippen molar-refractivity contribution < 1.29 is 19.1 Å². The van der Waals surface area contributed by atoms with Gasteiger partial charge >= 0.3 is 0 Å². The Morgan fingerprint density at radius 2 is 1.68 bits per heavy atom. The maximum absolute atomic E-state index is 14.6. The number of carbonyl (C=O) groups is 3. The van der Waals surface area contributed by atoms with Crippen LogP contribution in [0.15, 0.2) is 101 Å². The molecule has 0 saturated heterocycles. The number of H-pyrrole nitrogens is 1. The second kappa shape index (κ2) is 22.4. The van der Waals surface area contributed by atoms with E-state index in [1.807, 2.05) is 79.0 Å². The van der Waals surface area contributed by atoms with Crippen molar-refractivity contribution in [2.24, 2.45) is 11.5 Å². The highest BCUT2D eigenvalue weighted by molar-refractivity contribution is 7.99. The Hall–Kier alpha value is -5.20. The van der Waals surface area contributed by atoms with Gasteiger partial charge in [-0.1, -0.05) is 89.8 Å². The summed E-state index contributed by atoms with van der Waals surface area (Å²) >= 11 is 8.45. The summed E-state index contributed by atoms with van der Waals surface area (Å²) in [6, 6.07) is 22.7. The van der Waals surface area contributed by atoms with Crippen LogP contribution in [0.5, 0.6) is 0 Å². The fourth-order valence-electron chi connectivity index (χ4n) is 7.17. The number of halogens is 1. The third kappa shape index (κ3) is 12.0. The van der Waals surface area contributed by atoms with Crippen molar-refractivity contribution in [2.75, 3.05) is 26.7 Å². The van der Waals surface area contributed by atoms with Crippen molar-refractivity contribution in [3.8, 4) is 11.8 Å². The van der Waals surface area contributed by atoms with Gasteiger partial charge in [-0.3, -0.25) is 14.4 Å². The summed E-state index contributed by atoms with van der Waals surface area (Å²) in [7, 11) is 1.62. The summed E-state index contributed by atoms with van der Waals surface area (Å²) in [5, 5.41) is 11.7. The number of unbranched alkanes of at least 4 members (excludes halogenated alkanes) is 1. The Morgan fingerprint density at radius 3 is 2.50 bits per heavy atom. The maximum atomic E-state index is 14.6. The highest BCUT2D eigenvalue weighted by atomic mass is 35.5. The number of aromatic nitrogens is 2. The van der Waals surface area contributed by atoms with Gasteiger partial charge in [-0.25, -0.2) is 4.98 Å². The molecule has 3 heterocycles. The lowest BCUT2D eigenvalue weighted by Gasteiger charge is -2.32. The monoisotopic (exact) mass is 848 g/mol. The number of rotatable bonds is 12. The van der Waals surface area contributed by atoms with E-state index in [9.17, 15) is 14.4 Å². The molecule has 0 bridgehead atoms. The quantitative estimate of drug-likeness (QED) is 0.0704. The SMILES string of the molecule is CN1C(=O)[C@H](CCCCN)NC(=O)[C@H](CCCN)NCc2cccnc2Sc2c(Cl)cc(C#CCOCc3ccccc3)cc2CNC(=O)[C@@H]1Cc1c[nH]c2ccccc12. The lowest BCUT2D eigenvalue weighted by atomic mass is 10.0. The van der Waals surface area contributed by atoms with Crippen LogP contribution in [0.3, 0.4) is 0 Å². The molecule has 6 rings (SSSR count). The van der Waals surface area contributed by atoms with Crippen LogP contribution in [0.2, 0.25) is 5.02 Å². The molecule has 1 aliphatic heterocycles. The van der Waals surface area contributed by atoms with Crippen LogP contribution in [0.1, 0.15) is 59.9 Å². The molecule has 60 heavy (non-hydrogen) atoms. The molecule has 314 valence electrons. The number of hydrogen-bond acceptors (Lipinski definition) is 9. The van der Waals surface area contributed by atoms with Crippen LogP contribution in [0.4, 0.5) is 0 Å². The zero-order valence-electron chi connectivity index (χ0n) is 33.8. The van der Waals surface area contributed by atoms with Crippen molar-refractivity contribution in [2.45, 2.75) is 86.3 Å². The number of nitrogens with one attached hydrogen (secondary N) is 4. The fourth-order valence-corrected chi connectivity index (χ4v) is 8.52. The number of ether oxygens (including phenoxy) is 1. The van der Waals surface area contributed by atoms with Crippen LogP contribution in [0, 0.1) is 11.8 Å². The van der Waals surface area contributed by atoms with E-state index in [0.717, 1.165) is 33.2 Å². The number of amides is 3. The molecule has 2 aromatic heterocycles. The summed E-state index contributed by atoms with van der Waals surface area (Å²) in [6.45, 7) is 1.90. The molecule has 8 N–H and O–H groups in total. The first-order valence-electron chi connectivity index (χ1n) is 20.3. The summed E-state index contributed by atoms with van der Waals surface area (Å²) in [5.41, 5.74) is 16.8. The maximum Gasteiger partial charge on any atom is 0.245 e. The molecule has 0 saturated carbocycles. The molecule has 12 nitrogen and oxygen atoms in total. The molecule has 0 fully saturated rings. The molecule has 0 aliphatic carbocycles. The Bertz CT molecular complexity index is 2290. The van der Waals surface area contributed by atoms with Crippen LogP contribution in [0.25, 0.3) is 10.9 Å². The second-order valence-corrected chi connectivity index (χ2v) is 16.2. The van der Waals surface area contributed by atoms with Gasteiger partial charge in [0.15, 0.2) is 0 Å². The van der Waals surface area contributed by atoms with E-state index in [1.165, 1.54) is 16.7 Å². The standard InChI is InChI=1S/C46H53ClN8O4S/c1-55-41(26-34-28-51-38-17-6-5-16-36(34)38)44(57)53-29-35-24-32(14-11-23-59-30-31-12-3-2-4-13-31)25-37(47)42(35)60-45-33(15-10-22-50-45)27-52-39(19-9-21-49)43(56)54-40(46(55)58)18-7-8-20-48/h2-6,10,12-13,15-17,22,24-25,28,39-41,51-52H,7-9,18-21,23,26-27,29-30,48-49H2,1H3,(H,53,57)(H,54,56)/t39-,40-,41-/m0/s1. The predicted molar refractivity (Wildman–Crippen MR) is 237 cm³/mol. The zero-order chi connectivity index (χ0) is 42.3. The van der Waals surface area contributed by atoms with Gasteiger partial charge in [-0.2, -0.15) is 0 Å². The lowest BCUT2D eigenvalue weighted by molar-refractivity contribution is -0.142. The minimum Gasteiger partial charge on any atom is -0.364 e. The van der Waals surface area contributed by atoms with Crippen LogP contribution in [-0.2, 0) is 45.2 Å². The second-order valence-electron chi connectivity index (χ2n) is 14.8. The summed E-state index contributed by atoms with van der Waals surface area (Å²) in [4.78, 5) is 53.4. The Balaban J connectivity index is 1.38. The van der Waals surface area contributed by atoms with Crippen molar-refractivity contribution in [3.63, 3.8) is 0 Å². The number of para-hydroxylation sites is 1. The van der Waals surface area contributed by atoms with Gasteiger partial charge in [0.1, 0.15) is 23.7 Å². The predicted octanol–water partition coefficient (Wildman–Crippen LogP) is 5.45. The smallest absolute Gasteiger partial charge is 0.245 e. The molecule has 14 heteroatoms. The molecule has 0 unspecified atom stereocenters. The summed E-state index contributed by atoms with van der Waals surface area (Å²) in [6.07, 6.45) is 6.48. The van der Waals surface area contributed by atoms with E-state index in [2.05, 4.69) is 32.8 Å². The third-order valence-corrected chi connectivity index (χ3v) is 12.1. The Morgan fingerprint density at radius 1 is 0.900 bits per heavy atom. The average molecular weight is 850 g/mol. The summed E-state index contributed by atoms with van der Waals surface area (Å²) < 4.78 is 5.80. The minimum absolute atomic E-state index is 0.0889. The molecule has 5 aromatic rings. The highest BCUT2D eigenvalue weighted by Gasteiger charge is 2.34. The van der Waals surface area contributed by atoms with E-state index >= 15 is 0 Å². The van der Waals surface area contributed by atoms with Crippen molar-refractivity contribution in [1.82, 2.24) is 30.8 Å². The van der Waals surface area contributed by atoms with Gasteiger partial charge in [0.2, 0.25) is 17.7 Å². The van der Waals surface area contributed by atoms with Crippen molar-refractivity contribution in [1.29, 1.82) is 0 Å². The van der Waals surface area contributed by atoms with E-state index in [4.69, 9.17) is 32.8 Å². The summed E-state index contributed by atoms with van der Waals surface area (Å²) in [5.74, 6) is 5.21. The number of nitrogens with two attached hydrogens (primary N) is 2. The number of hydrogen-bond donors (Lipinski definition) is 6. The lowest BCUT2D eigenvalue weighted by Crippen LogP contribution is -2.57. The minimum atomic E-state index is -0.939. The van der Waals surface area contributed by atoms with E-state index in [0.29, 0.717) is 78.9 Å². The largest absolute Gasteiger partial charge is 0.364 e. The average Bonchev–Trinajstić information content (AvgIpc) is 3.67. The van der Waals surface area contributed by atoms with Gasteiger partial charge in [0.05, 0.1) is 17.7 Å².